The maximum Gasteiger partial charge on any atom is 0.137 e. The molecule has 1 fully saturated rings. The Morgan fingerprint density at radius 3 is 2.79 bits per heavy atom. The Hall–Kier alpha value is -0.830. The van der Waals surface area contributed by atoms with Crippen LogP contribution in [0, 0.1) is 5.92 Å². The van der Waals surface area contributed by atoms with Gasteiger partial charge in [0.25, 0.3) is 0 Å². The molecule has 102 valence electrons. The van der Waals surface area contributed by atoms with E-state index in [0.29, 0.717) is 24.5 Å². The Morgan fingerprint density at radius 1 is 1.21 bits per heavy atom. The van der Waals surface area contributed by atoms with Gasteiger partial charge in [-0.3, -0.25) is 4.79 Å². The number of carbonyl (C=O) groups excluding carboxylic acids is 1. The van der Waals surface area contributed by atoms with Crippen molar-refractivity contribution >= 4 is 21.7 Å². The van der Waals surface area contributed by atoms with Gasteiger partial charge in [-0.1, -0.05) is 28.8 Å². The van der Waals surface area contributed by atoms with Gasteiger partial charge in [-0.15, -0.1) is 0 Å². The molecule has 0 spiro atoms. The quantitative estimate of drug-likeness (QED) is 0.838. The highest BCUT2D eigenvalue weighted by Gasteiger charge is 2.22. The SMILES string of the molecule is O=C1CCc2cc(Br)cc(OCC3CCCC3)c2C1. The van der Waals surface area contributed by atoms with E-state index in [4.69, 9.17) is 4.74 Å². The molecule has 19 heavy (non-hydrogen) atoms. The van der Waals surface area contributed by atoms with Crippen LogP contribution >= 0.6 is 15.9 Å². The van der Waals surface area contributed by atoms with E-state index in [1.54, 1.807) is 0 Å². The van der Waals surface area contributed by atoms with Gasteiger partial charge in [0.15, 0.2) is 0 Å². The minimum absolute atomic E-state index is 0.334. The van der Waals surface area contributed by atoms with Gasteiger partial charge in [0.1, 0.15) is 11.5 Å². The first-order valence-corrected chi connectivity index (χ1v) is 7.97. The summed E-state index contributed by atoms with van der Waals surface area (Å²) in [5.74, 6) is 1.96. The van der Waals surface area contributed by atoms with Crippen molar-refractivity contribution in [1.29, 1.82) is 0 Å². The maximum absolute atomic E-state index is 11.7. The van der Waals surface area contributed by atoms with Crippen LogP contribution in [0.5, 0.6) is 5.75 Å². The number of ether oxygens (including phenoxy) is 1. The predicted octanol–water partition coefficient (Wildman–Crippen LogP) is 4.08. The van der Waals surface area contributed by atoms with Crippen LogP contribution in [0.3, 0.4) is 0 Å². The molecule has 0 saturated heterocycles. The number of hydrogen-bond acceptors (Lipinski definition) is 2. The lowest BCUT2D eigenvalue weighted by Gasteiger charge is -2.21. The largest absolute Gasteiger partial charge is 0.493 e. The molecule has 0 unspecified atom stereocenters. The number of rotatable bonds is 3. The van der Waals surface area contributed by atoms with E-state index in [1.165, 1.54) is 31.2 Å². The molecule has 1 saturated carbocycles. The minimum atomic E-state index is 0.334. The molecular formula is C16H19BrO2. The van der Waals surface area contributed by atoms with Crippen molar-refractivity contribution in [3.8, 4) is 5.75 Å². The normalized spacial score (nSPS) is 19.5. The molecule has 1 aromatic rings. The highest BCUT2D eigenvalue weighted by molar-refractivity contribution is 9.10. The van der Waals surface area contributed by atoms with Crippen molar-refractivity contribution < 1.29 is 9.53 Å². The smallest absolute Gasteiger partial charge is 0.137 e. The van der Waals surface area contributed by atoms with E-state index in [9.17, 15) is 4.79 Å². The third kappa shape index (κ3) is 3.02. The van der Waals surface area contributed by atoms with Gasteiger partial charge in [0, 0.05) is 22.9 Å². The summed E-state index contributed by atoms with van der Waals surface area (Å²) in [6, 6.07) is 4.15. The lowest BCUT2D eigenvalue weighted by molar-refractivity contribution is -0.118. The van der Waals surface area contributed by atoms with Gasteiger partial charge < -0.3 is 4.74 Å². The Bertz CT molecular complexity index is 490. The summed E-state index contributed by atoms with van der Waals surface area (Å²) in [4.78, 5) is 11.7. The maximum atomic E-state index is 11.7. The number of ketones is 1. The van der Waals surface area contributed by atoms with Crippen LogP contribution in [0.15, 0.2) is 16.6 Å². The lowest BCUT2D eigenvalue weighted by Crippen LogP contribution is -2.16. The van der Waals surface area contributed by atoms with E-state index in [0.717, 1.165) is 28.8 Å². The van der Waals surface area contributed by atoms with E-state index >= 15 is 0 Å². The molecule has 3 heteroatoms. The van der Waals surface area contributed by atoms with Crippen molar-refractivity contribution in [3.05, 3.63) is 27.7 Å². The molecule has 0 bridgehead atoms. The Morgan fingerprint density at radius 2 is 2.00 bits per heavy atom. The average Bonchev–Trinajstić information content (AvgIpc) is 2.89. The molecule has 2 aliphatic rings. The molecule has 0 aromatic heterocycles. The fraction of sp³-hybridized carbons (Fsp3) is 0.562. The van der Waals surface area contributed by atoms with Crippen LogP contribution in [-0.2, 0) is 17.6 Å². The molecule has 0 N–H and O–H groups in total. The van der Waals surface area contributed by atoms with Gasteiger partial charge in [0.2, 0.25) is 0 Å². The molecule has 0 amide bonds. The first-order chi connectivity index (χ1) is 9.22. The van der Waals surface area contributed by atoms with Crippen molar-refractivity contribution in [2.75, 3.05) is 6.61 Å². The zero-order valence-corrected chi connectivity index (χ0v) is 12.7. The summed E-state index contributed by atoms with van der Waals surface area (Å²) in [5, 5.41) is 0. The Labute approximate surface area is 122 Å². The van der Waals surface area contributed by atoms with Crippen LogP contribution < -0.4 is 4.74 Å². The third-order valence-corrected chi connectivity index (χ3v) is 4.72. The molecular weight excluding hydrogens is 304 g/mol. The molecule has 2 nitrogen and oxygen atoms in total. The number of Topliss-reactive ketones (excluding diaryl/α,β-unsaturated/α-hetero) is 1. The zero-order valence-electron chi connectivity index (χ0n) is 11.1. The summed E-state index contributed by atoms with van der Waals surface area (Å²) >= 11 is 3.54. The van der Waals surface area contributed by atoms with Crippen LogP contribution in [0.1, 0.15) is 43.2 Å². The Balaban J connectivity index is 1.79. The molecule has 0 aliphatic heterocycles. The zero-order chi connectivity index (χ0) is 13.2. The summed E-state index contributed by atoms with van der Waals surface area (Å²) in [7, 11) is 0. The van der Waals surface area contributed by atoms with Gasteiger partial charge >= 0.3 is 0 Å². The number of benzene rings is 1. The fourth-order valence-corrected chi connectivity index (χ4v) is 3.65. The van der Waals surface area contributed by atoms with Crippen LogP contribution in [-0.4, -0.2) is 12.4 Å². The van der Waals surface area contributed by atoms with E-state index in [-0.39, 0.29) is 0 Å². The van der Waals surface area contributed by atoms with E-state index < -0.39 is 0 Å². The monoisotopic (exact) mass is 322 g/mol. The van der Waals surface area contributed by atoms with Gasteiger partial charge in [-0.2, -0.15) is 0 Å². The highest BCUT2D eigenvalue weighted by Crippen LogP contribution is 2.33. The number of halogens is 1. The number of carbonyl (C=O) groups is 1. The average molecular weight is 323 g/mol. The van der Waals surface area contributed by atoms with Crippen molar-refractivity contribution in [2.24, 2.45) is 5.92 Å². The number of hydrogen-bond donors (Lipinski definition) is 0. The topological polar surface area (TPSA) is 26.3 Å². The minimum Gasteiger partial charge on any atom is -0.493 e. The standard InChI is InChI=1S/C16H19BrO2/c17-13-7-12-5-6-14(18)9-15(12)16(8-13)19-10-11-3-1-2-4-11/h7-8,11H,1-6,9-10H2. The summed E-state index contributed by atoms with van der Waals surface area (Å²) < 4.78 is 7.09. The van der Waals surface area contributed by atoms with Crippen molar-refractivity contribution in [3.63, 3.8) is 0 Å². The first kappa shape index (κ1) is 13.2. The van der Waals surface area contributed by atoms with E-state index in [1.807, 2.05) is 6.07 Å². The molecule has 1 aromatic carbocycles. The molecule has 3 rings (SSSR count). The van der Waals surface area contributed by atoms with Crippen molar-refractivity contribution in [2.45, 2.75) is 44.9 Å². The van der Waals surface area contributed by atoms with Crippen LogP contribution in [0.2, 0.25) is 0 Å². The van der Waals surface area contributed by atoms with Crippen molar-refractivity contribution in [1.82, 2.24) is 0 Å². The molecule has 2 aliphatic carbocycles. The highest BCUT2D eigenvalue weighted by atomic mass is 79.9. The second-order valence-corrected chi connectivity index (χ2v) is 6.63. The molecule has 0 heterocycles. The third-order valence-electron chi connectivity index (χ3n) is 4.26. The van der Waals surface area contributed by atoms with E-state index in [2.05, 4.69) is 22.0 Å². The summed E-state index contributed by atoms with van der Waals surface area (Å²) in [6.07, 6.45) is 7.32. The van der Waals surface area contributed by atoms with Gasteiger partial charge in [-0.05, 0) is 42.9 Å². The van der Waals surface area contributed by atoms with Crippen LogP contribution in [0.25, 0.3) is 0 Å². The summed E-state index contributed by atoms with van der Waals surface area (Å²) in [6.45, 7) is 0.803. The molecule has 0 radical (unpaired) electrons. The van der Waals surface area contributed by atoms with Gasteiger partial charge in [-0.25, -0.2) is 0 Å². The lowest BCUT2D eigenvalue weighted by atomic mass is 9.90. The second kappa shape index (κ2) is 5.66. The van der Waals surface area contributed by atoms with Crippen LogP contribution in [0.4, 0.5) is 0 Å². The first-order valence-electron chi connectivity index (χ1n) is 7.18. The summed E-state index contributed by atoms with van der Waals surface area (Å²) in [5.41, 5.74) is 2.40. The second-order valence-electron chi connectivity index (χ2n) is 5.72. The predicted molar refractivity (Wildman–Crippen MR) is 78.6 cm³/mol. The number of aryl methyl sites for hydroxylation is 1. The van der Waals surface area contributed by atoms with Gasteiger partial charge in [0.05, 0.1) is 6.61 Å². The molecule has 0 atom stereocenters. The number of fused-ring (bicyclic) bond motifs is 1. The Kier molecular flexibility index (Phi) is 3.92. The fourth-order valence-electron chi connectivity index (χ4n) is 3.16.